The maximum absolute atomic E-state index is 13.4. The number of rotatable bonds is 6. The molecule has 3 heterocycles. The fourth-order valence-electron chi connectivity index (χ4n) is 4.84. The maximum Gasteiger partial charge on any atom is 0.335 e. The maximum atomic E-state index is 13.4. The molecule has 1 amide bonds. The van der Waals surface area contributed by atoms with Crippen LogP contribution < -0.4 is 32.4 Å². The smallest absolute Gasteiger partial charge is 0.335 e. The summed E-state index contributed by atoms with van der Waals surface area (Å²) in [6.45, 7) is 3.82. The van der Waals surface area contributed by atoms with Crippen molar-refractivity contribution in [2.75, 3.05) is 24.1 Å². The molecule has 1 aliphatic heterocycles. The molecule has 0 aliphatic carbocycles. The first-order valence-corrected chi connectivity index (χ1v) is 13.8. The van der Waals surface area contributed by atoms with Crippen LogP contribution in [0.5, 0.6) is 11.5 Å². The van der Waals surface area contributed by atoms with Gasteiger partial charge in [0.15, 0.2) is 0 Å². The highest BCUT2D eigenvalue weighted by molar-refractivity contribution is 6.04. The van der Waals surface area contributed by atoms with Crippen molar-refractivity contribution in [3.63, 3.8) is 0 Å². The van der Waals surface area contributed by atoms with Crippen LogP contribution in [0, 0.1) is 30.5 Å². The molecule has 11 heteroatoms. The predicted molar refractivity (Wildman–Crippen MR) is 162 cm³/mol. The molecule has 2 aromatic heterocycles. The number of nitrogens with two attached hydrogens (primary N) is 1. The molecule has 43 heavy (non-hydrogen) atoms. The predicted octanol–water partition coefficient (Wildman–Crippen LogP) is 3.75. The van der Waals surface area contributed by atoms with Gasteiger partial charge in [-0.15, -0.1) is 0 Å². The Hall–Kier alpha value is -5.21. The van der Waals surface area contributed by atoms with Crippen molar-refractivity contribution in [3.8, 4) is 29.0 Å². The fourth-order valence-corrected chi connectivity index (χ4v) is 4.84. The SMILES string of the molecule is Cc1cc(NC(=O)c2cn(C)c(=O)n(-c3ccc(F)cc3)c2=O)ccc1Oc1ccnc(N)c1C#CCC1CCNCC1. The number of carbonyl (C=O) groups is 1. The number of hydrogen-bond acceptors (Lipinski definition) is 7. The number of amides is 1. The zero-order valence-corrected chi connectivity index (χ0v) is 23.8. The lowest BCUT2D eigenvalue weighted by Crippen LogP contribution is -2.41. The van der Waals surface area contributed by atoms with E-state index in [-0.39, 0.29) is 17.1 Å². The van der Waals surface area contributed by atoms with E-state index in [1.54, 1.807) is 30.5 Å². The molecule has 0 radical (unpaired) electrons. The van der Waals surface area contributed by atoms with Crippen molar-refractivity contribution in [3.05, 3.63) is 104 Å². The Balaban J connectivity index is 1.35. The van der Waals surface area contributed by atoms with Crippen molar-refractivity contribution in [2.24, 2.45) is 13.0 Å². The number of nitrogens with zero attached hydrogens (tertiary/aromatic N) is 3. The van der Waals surface area contributed by atoms with Crippen molar-refractivity contribution in [1.29, 1.82) is 0 Å². The summed E-state index contributed by atoms with van der Waals surface area (Å²) in [6, 6.07) is 11.6. The van der Waals surface area contributed by atoms with E-state index in [1.807, 2.05) is 6.92 Å². The number of anilines is 2. The van der Waals surface area contributed by atoms with Gasteiger partial charge in [0.05, 0.1) is 5.69 Å². The molecule has 0 saturated carbocycles. The standard InChI is InChI=1S/C32H31FN6O4/c1-20-18-23(37-30(40)26-19-38(2)32(42)39(31(26)41)24-9-6-22(33)7-10-24)8-11-27(20)43-28-14-17-36-29(34)25(28)5-3-4-21-12-15-35-16-13-21/h6-11,14,17-19,21,35H,4,12-13,15-16H2,1-2H3,(H2,34,36)(H,37,40). The Bertz CT molecular complexity index is 1850. The molecule has 1 saturated heterocycles. The first-order chi connectivity index (χ1) is 20.7. The molecule has 4 aromatic rings. The van der Waals surface area contributed by atoms with Crippen LogP contribution >= 0.6 is 0 Å². The molecule has 1 aliphatic rings. The van der Waals surface area contributed by atoms with Gasteiger partial charge in [-0.25, -0.2) is 18.7 Å². The highest BCUT2D eigenvalue weighted by atomic mass is 19.1. The molecule has 1 fully saturated rings. The first kappa shape index (κ1) is 29.3. The quantitative estimate of drug-likeness (QED) is 0.295. The zero-order chi connectivity index (χ0) is 30.5. The third kappa shape index (κ3) is 6.66. The topological polar surface area (TPSA) is 133 Å². The fraction of sp³-hybridized carbons (Fsp3) is 0.250. The molecule has 4 N–H and O–H groups in total. The van der Waals surface area contributed by atoms with Gasteiger partial charge in [-0.2, -0.15) is 0 Å². The lowest BCUT2D eigenvalue weighted by molar-refractivity contribution is 0.102. The number of benzene rings is 2. The number of piperidine rings is 1. The van der Waals surface area contributed by atoms with Gasteiger partial charge in [-0.3, -0.25) is 9.59 Å². The van der Waals surface area contributed by atoms with Gasteiger partial charge in [0.1, 0.15) is 34.3 Å². The number of aryl methyl sites for hydroxylation is 2. The molecule has 0 unspecified atom stereocenters. The molecule has 2 aromatic carbocycles. The molecular formula is C32H31FN6O4. The van der Waals surface area contributed by atoms with Gasteiger partial charge < -0.3 is 25.7 Å². The van der Waals surface area contributed by atoms with Crippen molar-refractivity contribution in [2.45, 2.75) is 26.2 Å². The van der Waals surface area contributed by atoms with E-state index in [0.717, 1.165) is 53.6 Å². The largest absolute Gasteiger partial charge is 0.456 e. The van der Waals surface area contributed by atoms with Crippen LogP contribution in [-0.4, -0.2) is 33.1 Å². The van der Waals surface area contributed by atoms with E-state index < -0.39 is 23.0 Å². The number of aromatic nitrogens is 3. The number of pyridine rings is 1. The second-order valence-electron chi connectivity index (χ2n) is 10.4. The van der Waals surface area contributed by atoms with E-state index in [1.165, 1.54) is 25.4 Å². The van der Waals surface area contributed by atoms with E-state index >= 15 is 0 Å². The van der Waals surface area contributed by atoms with E-state index in [0.29, 0.717) is 34.2 Å². The average Bonchev–Trinajstić information content (AvgIpc) is 2.99. The molecule has 5 rings (SSSR count). The second-order valence-corrected chi connectivity index (χ2v) is 10.4. The van der Waals surface area contributed by atoms with Crippen LogP contribution in [0.3, 0.4) is 0 Å². The first-order valence-electron chi connectivity index (χ1n) is 13.8. The van der Waals surface area contributed by atoms with E-state index in [4.69, 9.17) is 10.5 Å². The lowest BCUT2D eigenvalue weighted by atomic mass is 9.95. The second kappa shape index (κ2) is 12.8. The van der Waals surface area contributed by atoms with Gasteiger partial charge in [0, 0.05) is 37.6 Å². The summed E-state index contributed by atoms with van der Waals surface area (Å²) in [4.78, 5) is 43.1. The molecule has 220 valence electrons. The van der Waals surface area contributed by atoms with Crippen LogP contribution in [0.15, 0.2) is 70.5 Å². The van der Waals surface area contributed by atoms with Gasteiger partial charge in [0.2, 0.25) is 0 Å². The summed E-state index contributed by atoms with van der Waals surface area (Å²) in [5.41, 5.74) is 6.15. The van der Waals surface area contributed by atoms with E-state index in [9.17, 15) is 18.8 Å². The number of nitrogen functional groups attached to an aromatic ring is 1. The molecule has 0 bridgehead atoms. The Morgan fingerprint density at radius 2 is 1.88 bits per heavy atom. The van der Waals surface area contributed by atoms with Crippen LogP contribution in [0.4, 0.5) is 15.9 Å². The highest BCUT2D eigenvalue weighted by Gasteiger charge is 2.19. The monoisotopic (exact) mass is 582 g/mol. The van der Waals surface area contributed by atoms with Crippen LogP contribution in [0.25, 0.3) is 5.69 Å². The van der Waals surface area contributed by atoms with Crippen LogP contribution in [0.2, 0.25) is 0 Å². The number of nitrogens with one attached hydrogen (secondary N) is 2. The van der Waals surface area contributed by atoms with E-state index in [2.05, 4.69) is 27.5 Å². The normalized spacial score (nSPS) is 13.2. The minimum absolute atomic E-state index is 0.145. The summed E-state index contributed by atoms with van der Waals surface area (Å²) >= 11 is 0. The summed E-state index contributed by atoms with van der Waals surface area (Å²) in [7, 11) is 1.42. The number of carbonyl (C=O) groups excluding carboxylic acids is 1. The molecule has 10 nitrogen and oxygen atoms in total. The third-order valence-corrected chi connectivity index (χ3v) is 7.24. The van der Waals surface area contributed by atoms with Gasteiger partial charge >= 0.3 is 5.69 Å². The summed E-state index contributed by atoms with van der Waals surface area (Å²) in [5.74, 6) is 6.97. The molecule has 0 atom stereocenters. The third-order valence-electron chi connectivity index (χ3n) is 7.24. The highest BCUT2D eigenvalue weighted by Crippen LogP contribution is 2.31. The summed E-state index contributed by atoms with van der Waals surface area (Å²) in [6.07, 6.45) is 5.68. The van der Waals surface area contributed by atoms with Gasteiger partial charge in [-0.05, 0) is 86.8 Å². The lowest BCUT2D eigenvalue weighted by Gasteiger charge is -2.20. The summed E-state index contributed by atoms with van der Waals surface area (Å²) < 4.78 is 21.5. The average molecular weight is 583 g/mol. The van der Waals surface area contributed by atoms with Gasteiger partial charge in [-0.1, -0.05) is 11.8 Å². The Morgan fingerprint density at radius 1 is 1.14 bits per heavy atom. The Labute approximate surface area is 247 Å². The van der Waals surface area contributed by atoms with Crippen molar-refractivity contribution >= 4 is 17.4 Å². The number of hydrogen-bond donors (Lipinski definition) is 3. The Kier molecular flexibility index (Phi) is 8.69. The minimum Gasteiger partial charge on any atom is -0.456 e. The van der Waals surface area contributed by atoms with Crippen LogP contribution in [0.1, 0.15) is 40.7 Å². The summed E-state index contributed by atoms with van der Waals surface area (Å²) in [5, 5.41) is 6.06. The minimum atomic E-state index is -0.826. The molecule has 0 spiro atoms. The number of ether oxygens (including phenoxy) is 1. The number of halogens is 1. The molecular weight excluding hydrogens is 551 g/mol. The van der Waals surface area contributed by atoms with Gasteiger partial charge in [0.25, 0.3) is 11.5 Å². The van der Waals surface area contributed by atoms with Crippen molar-refractivity contribution < 1.29 is 13.9 Å². The zero-order valence-electron chi connectivity index (χ0n) is 23.8. The van der Waals surface area contributed by atoms with Crippen LogP contribution in [-0.2, 0) is 7.05 Å². The van der Waals surface area contributed by atoms with Crippen molar-refractivity contribution in [1.82, 2.24) is 19.4 Å². The Morgan fingerprint density at radius 3 is 2.60 bits per heavy atom.